The fourth-order valence-electron chi connectivity index (χ4n) is 1.44. The molecule has 1 aliphatic heterocycles. The first-order valence-corrected chi connectivity index (χ1v) is 5.32. The summed E-state index contributed by atoms with van der Waals surface area (Å²) in [5.41, 5.74) is 2.26. The van der Waals surface area contributed by atoms with Gasteiger partial charge in [-0.25, -0.2) is 0 Å². The molecule has 0 radical (unpaired) electrons. The van der Waals surface area contributed by atoms with Crippen LogP contribution in [-0.2, 0) is 0 Å². The predicted molar refractivity (Wildman–Crippen MR) is 56.9 cm³/mol. The topological polar surface area (TPSA) is 37.3 Å². The number of rotatable bonds is 0. The third kappa shape index (κ3) is 1.44. The molecule has 1 N–H and O–H groups in total. The van der Waals surface area contributed by atoms with Crippen LogP contribution in [0.5, 0.6) is 0 Å². The molecule has 1 aromatic rings. The molecule has 14 heavy (non-hydrogen) atoms. The van der Waals surface area contributed by atoms with Crippen LogP contribution in [-0.4, -0.2) is 16.6 Å². The Labute approximate surface area is 86.6 Å². The number of Topliss-reactive ketones (excluding diaryl/α,β-unsaturated/α-hetero) is 1. The van der Waals surface area contributed by atoms with E-state index in [1.54, 1.807) is 11.8 Å². The fraction of sp³-hybridized carbons (Fsp3) is 0.182. The number of aliphatic hydroxyl groups is 1. The Morgan fingerprint density at radius 3 is 3.00 bits per heavy atom. The molecule has 0 saturated carbocycles. The van der Waals surface area contributed by atoms with Gasteiger partial charge >= 0.3 is 0 Å². The van der Waals surface area contributed by atoms with E-state index in [2.05, 4.69) is 0 Å². The molecule has 1 aliphatic rings. The highest BCUT2D eigenvalue weighted by Gasteiger charge is 2.22. The SMILES string of the molecule is Cc1ccc2c(c1)C(=O)/C(=C\O)CS2. The van der Waals surface area contributed by atoms with E-state index >= 15 is 0 Å². The number of carbonyl (C=O) groups is 1. The zero-order valence-corrected chi connectivity index (χ0v) is 8.60. The summed E-state index contributed by atoms with van der Waals surface area (Å²) in [5.74, 6) is 0.510. The van der Waals surface area contributed by atoms with Gasteiger partial charge in [0.05, 0.1) is 6.26 Å². The van der Waals surface area contributed by atoms with Gasteiger partial charge in [0.1, 0.15) is 0 Å². The number of thioether (sulfide) groups is 1. The predicted octanol–water partition coefficient (Wildman–Crippen LogP) is 2.73. The van der Waals surface area contributed by atoms with Gasteiger partial charge in [-0.2, -0.15) is 0 Å². The summed E-state index contributed by atoms with van der Waals surface area (Å²) in [6.45, 7) is 1.95. The number of ketones is 1. The quantitative estimate of drug-likeness (QED) is 0.524. The minimum atomic E-state index is -0.0510. The Hall–Kier alpha value is -1.22. The van der Waals surface area contributed by atoms with Crippen LogP contribution in [0.4, 0.5) is 0 Å². The van der Waals surface area contributed by atoms with Crippen LogP contribution in [0.25, 0.3) is 0 Å². The lowest BCUT2D eigenvalue weighted by Gasteiger charge is -2.16. The molecular weight excluding hydrogens is 196 g/mol. The van der Waals surface area contributed by atoms with E-state index in [-0.39, 0.29) is 5.78 Å². The molecule has 2 nitrogen and oxygen atoms in total. The molecule has 1 heterocycles. The first-order valence-electron chi connectivity index (χ1n) is 4.34. The van der Waals surface area contributed by atoms with Gasteiger partial charge in [0.2, 0.25) is 0 Å². The number of hydrogen-bond donors (Lipinski definition) is 1. The van der Waals surface area contributed by atoms with Crippen molar-refractivity contribution in [2.75, 3.05) is 5.75 Å². The van der Waals surface area contributed by atoms with Gasteiger partial charge < -0.3 is 5.11 Å². The highest BCUT2D eigenvalue weighted by Crippen LogP contribution is 2.32. The zero-order chi connectivity index (χ0) is 10.1. The standard InChI is InChI=1S/C11H10O2S/c1-7-2-3-10-9(4-7)11(13)8(5-12)6-14-10/h2-5,12H,6H2,1H3/b8-5-. The van der Waals surface area contributed by atoms with Crippen molar-refractivity contribution in [3.63, 3.8) is 0 Å². The minimum Gasteiger partial charge on any atom is -0.515 e. The summed E-state index contributed by atoms with van der Waals surface area (Å²) in [7, 11) is 0. The maximum Gasteiger partial charge on any atom is 0.194 e. The highest BCUT2D eigenvalue weighted by atomic mass is 32.2. The molecule has 0 unspecified atom stereocenters. The van der Waals surface area contributed by atoms with Crippen LogP contribution in [0.2, 0.25) is 0 Å². The van der Waals surface area contributed by atoms with Crippen molar-refractivity contribution >= 4 is 17.5 Å². The van der Waals surface area contributed by atoms with Gasteiger partial charge in [-0.05, 0) is 19.1 Å². The summed E-state index contributed by atoms with van der Waals surface area (Å²) >= 11 is 1.58. The van der Waals surface area contributed by atoms with E-state index in [0.717, 1.165) is 16.7 Å². The maximum absolute atomic E-state index is 11.8. The van der Waals surface area contributed by atoms with Crippen molar-refractivity contribution in [3.8, 4) is 0 Å². The van der Waals surface area contributed by atoms with Gasteiger partial charge in [-0.3, -0.25) is 4.79 Å². The minimum absolute atomic E-state index is 0.0510. The molecular formula is C11H10O2S. The molecule has 3 heteroatoms. The van der Waals surface area contributed by atoms with E-state index in [4.69, 9.17) is 5.11 Å². The fourth-order valence-corrected chi connectivity index (χ4v) is 2.43. The number of carbonyl (C=O) groups excluding carboxylic acids is 1. The lowest BCUT2D eigenvalue weighted by molar-refractivity contribution is 0.102. The Kier molecular flexibility index (Phi) is 2.33. The molecule has 0 bridgehead atoms. The molecule has 0 fully saturated rings. The average Bonchev–Trinajstić information content (AvgIpc) is 2.20. The van der Waals surface area contributed by atoms with E-state index in [1.165, 1.54) is 0 Å². The molecule has 0 amide bonds. The normalized spacial score (nSPS) is 18.4. The second-order valence-electron chi connectivity index (χ2n) is 3.27. The molecule has 0 saturated heterocycles. The van der Waals surface area contributed by atoms with Crippen molar-refractivity contribution in [2.45, 2.75) is 11.8 Å². The number of aryl methyl sites for hydroxylation is 1. The Balaban J connectivity index is 2.54. The van der Waals surface area contributed by atoms with Gasteiger partial charge in [-0.15, -0.1) is 11.8 Å². The van der Waals surface area contributed by atoms with Crippen molar-refractivity contribution in [1.82, 2.24) is 0 Å². The number of fused-ring (bicyclic) bond motifs is 1. The third-order valence-electron chi connectivity index (χ3n) is 2.21. The lowest BCUT2D eigenvalue weighted by atomic mass is 10.0. The summed E-state index contributed by atoms with van der Waals surface area (Å²) in [6.07, 6.45) is 0.917. The van der Waals surface area contributed by atoms with Gasteiger partial charge in [0, 0.05) is 21.8 Å². The van der Waals surface area contributed by atoms with E-state index in [1.807, 2.05) is 25.1 Å². The highest BCUT2D eigenvalue weighted by molar-refractivity contribution is 7.99. The van der Waals surface area contributed by atoms with Crippen LogP contribution in [0, 0.1) is 6.92 Å². The first kappa shape index (κ1) is 9.34. The molecule has 0 aliphatic carbocycles. The molecule has 0 spiro atoms. The summed E-state index contributed by atoms with van der Waals surface area (Å²) in [6, 6.07) is 5.82. The van der Waals surface area contributed by atoms with Crippen molar-refractivity contribution in [3.05, 3.63) is 41.2 Å². The van der Waals surface area contributed by atoms with Crippen LogP contribution < -0.4 is 0 Å². The van der Waals surface area contributed by atoms with Crippen LogP contribution in [0.1, 0.15) is 15.9 Å². The van der Waals surface area contributed by atoms with Crippen LogP contribution in [0.3, 0.4) is 0 Å². The average molecular weight is 206 g/mol. The Morgan fingerprint density at radius 2 is 2.29 bits per heavy atom. The monoisotopic (exact) mass is 206 g/mol. The zero-order valence-electron chi connectivity index (χ0n) is 7.78. The van der Waals surface area contributed by atoms with Crippen molar-refractivity contribution in [2.24, 2.45) is 0 Å². The van der Waals surface area contributed by atoms with Gasteiger partial charge in [0.25, 0.3) is 0 Å². The van der Waals surface area contributed by atoms with Crippen molar-refractivity contribution < 1.29 is 9.90 Å². The summed E-state index contributed by atoms with van der Waals surface area (Å²) < 4.78 is 0. The Bertz CT molecular complexity index is 421. The maximum atomic E-state index is 11.8. The van der Waals surface area contributed by atoms with E-state index < -0.39 is 0 Å². The molecule has 2 rings (SSSR count). The van der Waals surface area contributed by atoms with E-state index in [0.29, 0.717) is 16.9 Å². The smallest absolute Gasteiger partial charge is 0.194 e. The Morgan fingerprint density at radius 1 is 1.50 bits per heavy atom. The molecule has 72 valence electrons. The van der Waals surface area contributed by atoms with Crippen LogP contribution in [0.15, 0.2) is 34.9 Å². The number of aliphatic hydroxyl groups excluding tert-OH is 1. The lowest BCUT2D eigenvalue weighted by Crippen LogP contribution is -2.12. The molecule has 0 aromatic heterocycles. The van der Waals surface area contributed by atoms with Crippen LogP contribution >= 0.6 is 11.8 Å². The van der Waals surface area contributed by atoms with Gasteiger partial charge in [-0.1, -0.05) is 11.6 Å². The summed E-state index contributed by atoms with van der Waals surface area (Å²) in [5, 5.41) is 8.86. The second-order valence-corrected chi connectivity index (χ2v) is 4.29. The molecule has 0 atom stereocenters. The van der Waals surface area contributed by atoms with Crippen molar-refractivity contribution in [1.29, 1.82) is 0 Å². The number of benzene rings is 1. The third-order valence-corrected chi connectivity index (χ3v) is 3.33. The second kappa shape index (κ2) is 3.50. The van der Waals surface area contributed by atoms with E-state index in [9.17, 15) is 4.79 Å². The number of hydrogen-bond acceptors (Lipinski definition) is 3. The molecule has 1 aromatic carbocycles. The van der Waals surface area contributed by atoms with Gasteiger partial charge in [0.15, 0.2) is 5.78 Å². The summed E-state index contributed by atoms with van der Waals surface area (Å²) in [4.78, 5) is 12.8. The largest absolute Gasteiger partial charge is 0.515 e. The first-order chi connectivity index (χ1) is 6.72.